The van der Waals surface area contributed by atoms with Crippen LogP contribution >= 0.6 is 23.1 Å². The van der Waals surface area contributed by atoms with E-state index in [1.165, 1.54) is 40.9 Å². The molecule has 0 saturated carbocycles. The number of para-hydroxylation sites is 1. The number of ether oxygens (including phenoxy) is 1. The SMILES string of the molecule is Cc1ccc(N2C(=O)[C@H]3[C@H](c4ccccc4OCC(=O)Nc4ccc(F)cc4)c4sc(=O)[nH]c4S[C@H]3C2=O)cc1. The van der Waals surface area contributed by atoms with Crippen LogP contribution in [0.3, 0.4) is 0 Å². The summed E-state index contributed by atoms with van der Waals surface area (Å²) in [7, 11) is 0. The van der Waals surface area contributed by atoms with Crippen LogP contribution < -0.4 is 19.8 Å². The van der Waals surface area contributed by atoms with Crippen molar-refractivity contribution >= 4 is 52.2 Å². The van der Waals surface area contributed by atoms with Crippen LogP contribution in [0.25, 0.3) is 0 Å². The van der Waals surface area contributed by atoms with Crippen molar-refractivity contribution < 1.29 is 23.5 Å². The van der Waals surface area contributed by atoms with Gasteiger partial charge in [0.2, 0.25) is 11.8 Å². The second-order valence-electron chi connectivity index (χ2n) is 9.48. The Kier molecular flexibility index (Phi) is 6.77. The van der Waals surface area contributed by atoms with Crippen LogP contribution in [-0.4, -0.2) is 34.6 Å². The van der Waals surface area contributed by atoms with Crippen molar-refractivity contribution in [3.8, 4) is 5.75 Å². The molecule has 0 radical (unpaired) electrons. The van der Waals surface area contributed by atoms with Gasteiger partial charge in [-0.3, -0.25) is 19.2 Å². The Bertz CT molecular complexity index is 1680. The molecule has 1 aromatic heterocycles. The van der Waals surface area contributed by atoms with E-state index < -0.39 is 28.8 Å². The number of amides is 3. The number of imide groups is 1. The molecule has 3 amide bonds. The Morgan fingerprint density at radius 3 is 2.48 bits per heavy atom. The van der Waals surface area contributed by atoms with Gasteiger partial charge in [0, 0.05) is 22.0 Å². The molecule has 4 aromatic rings. The third-order valence-corrected chi connectivity index (χ3v) is 9.26. The van der Waals surface area contributed by atoms with E-state index in [1.807, 2.05) is 19.1 Å². The van der Waals surface area contributed by atoms with Crippen LogP contribution in [-0.2, 0) is 14.4 Å². The number of fused-ring (bicyclic) bond motifs is 2. The highest BCUT2D eigenvalue weighted by Gasteiger charge is 2.56. The zero-order valence-electron chi connectivity index (χ0n) is 21.1. The maximum atomic E-state index is 13.9. The summed E-state index contributed by atoms with van der Waals surface area (Å²) in [6, 6.07) is 19.5. The number of thioether (sulfide) groups is 1. The first-order valence-corrected chi connectivity index (χ1v) is 14.1. The van der Waals surface area contributed by atoms with Gasteiger partial charge in [0.15, 0.2) is 6.61 Å². The molecule has 6 rings (SSSR count). The van der Waals surface area contributed by atoms with E-state index in [9.17, 15) is 23.6 Å². The summed E-state index contributed by atoms with van der Waals surface area (Å²) in [5, 5.41) is 2.46. The lowest BCUT2D eigenvalue weighted by Crippen LogP contribution is -2.32. The van der Waals surface area contributed by atoms with Crippen LogP contribution in [0.5, 0.6) is 5.75 Å². The van der Waals surface area contributed by atoms with Gasteiger partial charge in [0.05, 0.1) is 16.6 Å². The molecule has 0 spiro atoms. The number of anilines is 2. The highest BCUT2D eigenvalue weighted by atomic mass is 32.2. The van der Waals surface area contributed by atoms with Gasteiger partial charge in [-0.05, 0) is 49.4 Å². The standard InChI is InChI=1S/C29H22FN3O5S2/c1-15-6-12-18(13-7-15)33-27(35)23-22(24-26(32-29(37)40-24)39-25(23)28(33)36)19-4-2-3-5-20(19)38-14-21(34)31-17-10-8-16(30)9-11-17/h2-13,22-23,25H,14H2,1H3,(H,31,34)(H,32,37)/t22-,23-,25+/m0/s1. The van der Waals surface area contributed by atoms with E-state index in [-0.39, 0.29) is 23.3 Å². The van der Waals surface area contributed by atoms with Gasteiger partial charge < -0.3 is 15.0 Å². The lowest BCUT2D eigenvalue weighted by molar-refractivity contribution is -0.122. The number of carbonyl (C=O) groups excluding carboxylic acids is 3. The maximum absolute atomic E-state index is 13.9. The van der Waals surface area contributed by atoms with Crippen LogP contribution in [0.1, 0.15) is 21.9 Å². The normalized spacial score (nSPS) is 19.8. The molecule has 40 heavy (non-hydrogen) atoms. The zero-order chi connectivity index (χ0) is 28.0. The van der Waals surface area contributed by atoms with Gasteiger partial charge in [-0.2, -0.15) is 0 Å². The van der Waals surface area contributed by atoms with Crippen molar-refractivity contribution in [3.63, 3.8) is 0 Å². The lowest BCUT2D eigenvalue weighted by Gasteiger charge is -2.30. The average Bonchev–Trinajstić information content (AvgIpc) is 3.44. The quantitative estimate of drug-likeness (QED) is 0.323. The Hall–Kier alpha value is -4.22. The van der Waals surface area contributed by atoms with Crippen LogP contribution in [0, 0.1) is 18.7 Å². The first kappa shape index (κ1) is 26.0. The first-order chi connectivity index (χ1) is 19.3. The van der Waals surface area contributed by atoms with Gasteiger partial charge in [-0.15, -0.1) is 0 Å². The van der Waals surface area contributed by atoms with Crippen molar-refractivity contribution in [1.29, 1.82) is 0 Å². The second-order valence-corrected chi connectivity index (χ2v) is 11.6. The average molecular weight is 576 g/mol. The summed E-state index contributed by atoms with van der Waals surface area (Å²) >= 11 is 2.20. The highest BCUT2D eigenvalue weighted by molar-refractivity contribution is 8.00. The largest absolute Gasteiger partial charge is 0.483 e. The van der Waals surface area contributed by atoms with Gasteiger partial charge in [-0.25, -0.2) is 9.29 Å². The topological polar surface area (TPSA) is 109 Å². The fourth-order valence-corrected chi connectivity index (χ4v) is 7.55. The molecule has 1 saturated heterocycles. The van der Waals surface area contributed by atoms with Crippen LogP contribution in [0.15, 0.2) is 82.6 Å². The monoisotopic (exact) mass is 575 g/mol. The molecule has 0 bridgehead atoms. The number of hydrogen-bond donors (Lipinski definition) is 2. The smallest absolute Gasteiger partial charge is 0.305 e. The minimum atomic E-state index is -0.782. The number of benzene rings is 3. The predicted molar refractivity (Wildman–Crippen MR) is 151 cm³/mol. The molecular weight excluding hydrogens is 553 g/mol. The van der Waals surface area contributed by atoms with Gasteiger partial charge in [-0.1, -0.05) is 59.0 Å². The number of rotatable bonds is 6. The summed E-state index contributed by atoms with van der Waals surface area (Å²) in [5.74, 6) is -2.64. The summed E-state index contributed by atoms with van der Waals surface area (Å²) in [6.07, 6.45) is 0. The number of aromatic amines is 1. The first-order valence-electron chi connectivity index (χ1n) is 12.4. The van der Waals surface area contributed by atoms with E-state index in [2.05, 4.69) is 10.3 Å². The van der Waals surface area contributed by atoms with E-state index in [1.54, 1.807) is 36.4 Å². The third kappa shape index (κ3) is 4.71. The van der Waals surface area contributed by atoms with Crippen LogP contribution in [0.4, 0.5) is 15.8 Å². The summed E-state index contributed by atoms with van der Waals surface area (Å²) in [5.41, 5.74) is 2.51. The van der Waals surface area contributed by atoms with E-state index >= 15 is 0 Å². The second kappa shape index (κ2) is 10.4. The maximum Gasteiger partial charge on any atom is 0.305 e. The number of halogens is 1. The molecule has 2 N–H and O–H groups in total. The number of thiazole rings is 1. The molecular formula is C29H22FN3O5S2. The Labute approximate surface area is 236 Å². The molecule has 8 nitrogen and oxygen atoms in total. The Morgan fingerprint density at radius 2 is 1.73 bits per heavy atom. The molecule has 3 heterocycles. The summed E-state index contributed by atoms with van der Waals surface area (Å²) in [4.78, 5) is 56.9. The number of nitrogens with zero attached hydrogens (tertiary/aromatic N) is 1. The van der Waals surface area contributed by atoms with E-state index in [0.29, 0.717) is 32.6 Å². The molecule has 1 fully saturated rings. The molecule has 3 atom stereocenters. The number of hydrogen-bond acceptors (Lipinski definition) is 7. The molecule has 0 unspecified atom stereocenters. The van der Waals surface area contributed by atoms with Gasteiger partial charge >= 0.3 is 4.87 Å². The number of nitrogens with one attached hydrogen (secondary N) is 2. The Morgan fingerprint density at radius 1 is 1.00 bits per heavy atom. The molecule has 2 aliphatic heterocycles. The fraction of sp³-hybridized carbons (Fsp3) is 0.172. The third-order valence-electron chi connectivity index (χ3n) is 6.86. The molecule has 2 aliphatic rings. The molecule has 202 valence electrons. The number of aryl methyl sites for hydroxylation is 1. The minimum absolute atomic E-state index is 0.283. The highest BCUT2D eigenvalue weighted by Crippen LogP contribution is 2.54. The van der Waals surface area contributed by atoms with Crippen molar-refractivity contribution in [3.05, 3.63) is 104 Å². The van der Waals surface area contributed by atoms with Gasteiger partial charge in [0.25, 0.3) is 5.91 Å². The lowest BCUT2D eigenvalue weighted by atomic mass is 9.82. The molecule has 3 aromatic carbocycles. The zero-order valence-corrected chi connectivity index (χ0v) is 22.7. The van der Waals surface area contributed by atoms with Crippen molar-refractivity contribution in [2.24, 2.45) is 5.92 Å². The molecule has 11 heteroatoms. The van der Waals surface area contributed by atoms with Crippen molar-refractivity contribution in [2.75, 3.05) is 16.8 Å². The van der Waals surface area contributed by atoms with Gasteiger partial charge in [0.1, 0.15) is 16.8 Å². The number of H-pyrrole nitrogens is 1. The number of carbonyl (C=O) groups is 3. The van der Waals surface area contributed by atoms with E-state index in [4.69, 9.17) is 4.74 Å². The molecule has 0 aliphatic carbocycles. The van der Waals surface area contributed by atoms with Crippen LogP contribution in [0.2, 0.25) is 0 Å². The van der Waals surface area contributed by atoms with Crippen molar-refractivity contribution in [2.45, 2.75) is 23.1 Å². The fourth-order valence-electron chi connectivity index (χ4n) is 5.04. The summed E-state index contributed by atoms with van der Waals surface area (Å²) < 4.78 is 19.1. The number of aromatic nitrogens is 1. The minimum Gasteiger partial charge on any atom is -0.483 e. The predicted octanol–water partition coefficient (Wildman–Crippen LogP) is 4.70. The van der Waals surface area contributed by atoms with Crippen molar-refractivity contribution in [1.82, 2.24) is 4.98 Å². The van der Waals surface area contributed by atoms with E-state index in [0.717, 1.165) is 16.9 Å². The summed E-state index contributed by atoms with van der Waals surface area (Å²) in [6.45, 7) is 1.58. The Balaban J connectivity index is 1.33.